The third kappa shape index (κ3) is 177. The fourth-order valence-corrected chi connectivity index (χ4v) is 0. The minimum absolute atomic E-state index is 0. The summed E-state index contributed by atoms with van der Waals surface area (Å²) in [6.45, 7) is 0. The van der Waals surface area contributed by atoms with E-state index in [1.807, 2.05) is 0 Å². The molecule has 0 unspecified atom stereocenters. The van der Waals surface area contributed by atoms with E-state index in [0.29, 0.717) is 0 Å². The zero-order valence-electron chi connectivity index (χ0n) is 3.58. The van der Waals surface area contributed by atoms with E-state index >= 15 is 0 Å². The number of hydrogen-bond acceptors (Lipinski definition) is 4. The molecule has 0 aliphatic rings. The first-order valence-electron chi connectivity index (χ1n) is 0.730. The van der Waals surface area contributed by atoms with Crippen LogP contribution in [-0.4, -0.2) is 27.3 Å². The first-order chi connectivity index (χ1) is 2.00. The van der Waals surface area contributed by atoms with Gasteiger partial charge in [0.1, 0.15) is 0 Å². The maximum absolute atomic E-state index is 8.55. The van der Waals surface area contributed by atoms with Gasteiger partial charge in [-0.1, -0.05) is 0 Å². The Morgan fingerprint density at radius 3 is 1.14 bits per heavy atom. The van der Waals surface area contributed by atoms with Crippen molar-refractivity contribution in [3.63, 3.8) is 0 Å². The average molecular weight is 320 g/mol. The van der Waals surface area contributed by atoms with Crippen LogP contribution in [-0.2, 0) is 4.57 Å². The monoisotopic (exact) mass is 321 g/mol. The van der Waals surface area contributed by atoms with E-state index in [1.165, 1.54) is 0 Å². The van der Waals surface area contributed by atoms with Crippen molar-refractivity contribution in [3.8, 4) is 0 Å². The van der Waals surface area contributed by atoms with E-state index in [9.17, 15) is 0 Å². The van der Waals surface area contributed by atoms with Crippen molar-refractivity contribution in [3.05, 3.63) is 0 Å². The van der Waals surface area contributed by atoms with Crippen molar-refractivity contribution in [2.45, 2.75) is 0 Å². The molecule has 0 aromatic carbocycles. The fraction of sp³-hybridized carbons (Fsp3) is 0. The number of quaternary nitrogens is 1. The van der Waals surface area contributed by atoms with Crippen LogP contribution in [0.5, 0.6) is 0 Å². The van der Waals surface area contributed by atoms with Crippen LogP contribution in [0.4, 0.5) is 0 Å². The third-order valence-electron chi connectivity index (χ3n) is 0. The molecule has 0 aromatic rings. The van der Waals surface area contributed by atoms with Gasteiger partial charge >= 0.3 is 27.3 Å². The molecule has 7 heavy (non-hydrogen) atoms. The zero-order valence-corrected chi connectivity index (χ0v) is 8.36. The molecule has 0 atom stereocenters. The van der Waals surface area contributed by atoms with E-state index < -0.39 is 7.82 Å². The molecule has 0 heterocycles. The molecule has 0 aliphatic carbocycles. The predicted molar refractivity (Wildman–Crippen MR) is 19.3 cm³/mol. The largest absolute Gasteiger partial charge is 2.00 e. The molecule has 0 aromatic heterocycles. The van der Waals surface area contributed by atoms with Crippen molar-refractivity contribution in [2.24, 2.45) is 0 Å². The Morgan fingerprint density at radius 2 is 1.14 bits per heavy atom. The predicted octanol–water partition coefficient (Wildman–Crippen LogP) is -2.83. The standard InChI is InChI=1S/H3N.H3O4P.Pb/c;1-5(2,3)4;/h1H3;(H3,1,2,3,4);/q;;+2/p-2. The molecule has 0 spiro atoms. The number of phosphoric acid groups is 1. The van der Waals surface area contributed by atoms with Crippen molar-refractivity contribution in [1.82, 2.24) is 6.15 Å². The molecule has 2 radical (unpaired) electrons. The van der Waals surface area contributed by atoms with Crippen LogP contribution in [0.25, 0.3) is 0 Å². The molecule has 0 rings (SSSR count). The van der Waals surface area contributed by atoms with Gasteiger partial charge in [-0.3, -0.25) is 0 Å². The minimum atomic E-state index is -5.39. The molecular weight excluding hydrogens is 316 g/mol. The molecule has 0 saturated carbocycles. The second kappa shape index (κ2) is 5.14. The van der Waals surface area contributed by atoms with Gasteiger partial charge in [0.05, 0.1) is 0 Å². The van der Waals surface area contributed by atoms with E-state index in [1.54, 1.807) is 0 Å². The minimum Gasteiger partial charge on any atom is -0.822 e. The zero-order chi connectivity index (χ0) is 4.50. The van der Waals surface area contributed by atoms with Crippen LogP contribution in [0.15, 0.2) is 0 Å². The summed E-state index contributed by atoms with van der Waals surface area (Å²) in [5.74, 6) is 0. The Morgan fingerprint density at radius 1 is 1.14 bits per heavy atom. The molecular formula is H4NO4PPb. The van der Waals surface area contributed by atoms with Gasteiger partial charge in [-0.25, -0.2) is 0 Å². The smallest absolute Gasteiger partial charge is 0.822 e. The van der Waals surface area contributed by atoms with E-state index in [0.717, 1.165) is 0 Å². The van der Waals surface area contributed by atoms with E-state index in [4.69, 9.17) is 19.2 Å². The van der Waals surface area contributed by atoms with E-state index in [2.05, 4.69) is 0 Å². The van der Waals surface area contributed by atoms with Crippen LogP contribution >= 0.6 is 7.82 Å². The van der Waals surface area contributed by atoms with Crippen molar-refractivity contribution in [2.75, 3.05) is 0 Å². The van der Waals surface area contributed by atoms with Gasteiger partial charge in [-0.05, 0) is 0 Å². The number of hydrogen-bond donors (Lipinski definition) is 1. The van der Waals surface area contributed by atoms with Crippen LogP contribution in [0.1, 0.15) is 0 Å². The Bertz CT molecular complexity index is 57.8. The topological polar surface area (TPSA) is 123 Å². The fourth-order valence-electron chi connectivity index (χ4n) is 0. The summed E-state index contributed by atoms with van der Waals surface area (Å²) in [5, 5.41) is 0. The van der Waals surface area contributed by atoms with Gasteiger partial charge in [0.2, 0.25) is 0 Å². The summed E-state index contributed by atoms with van der Waals surface area (Å²) in [5.41, 5.74) is 0. The Balaban J connectivity index is -0.0000000800. The van der Waals surface area contributed by atoms with E-state index in [-0.39, 0.29) is 33.4 Å². The molecule has 42 valence electrons. The van der Waals surface area contributed by atoms with Gasteiger partial charge in [0.25, 0.3) is 0 Å². The number of rotatable bonds is 0. The molecule has 0 bridgehead atoms. The van der Waals surface area contributed by atoms with Crippen LogP contribution in [0.3, 0.4) is 0 Å². The summed E-state index contributed by atoms with van der Waals surface area (Å²) in [4.78, 5) is 25.6. The van der Waals surface area contributed by atoms with Gasteiger partial charge in [0, 0.05) is 0 Å². The SMILES string of the molecule is O=P([O-])([O-])[O-].[NH4+].[Pb+2]. The summed E-state index contributed by atoms with van der Waals surface area (Å²) in [6.07, 6.45) is 0. The summed E-state index contributed by atoms with van der Waals surface area (Å²) >= 11 is 0. The first-order valence-corrected chi connectivity index (χ1v) is 2.19. The molecule has 7 heteroatoms. The molecule has 0 saturated heterocycles. The average Bonchev–Trinajstić information content (AvgIpc) is 0.722. The normalized spacial score (nSPS) is 8.43. The molecule has 5 nitrogen and oxygen atoms in total. The summed E-state index contributed by atoms with van der Waals surface area (Å²) in [6, 6.07) is 0. The molecule has 0 amide bonds. The van der Waals surface area contributed by atoms with Gasteiger partial charge in [-0.2, -0.15) is 7.82 Å². The molecule has 0 aliphatic heterocycles. The quantitative estimate of drug-likeness (QED) is 0.382. The second-order valence-corrected chi connectivity index (χ2v) is 1.34. The first kappa shape index (κ1) is 15.7. The second-order valence-electron chi connectivity index (χ2n) is 0.447. The van der Waals surface area contributed by atoms with Gasteiger partial charge in [0.15, 0.2) is 0 Å². The van der Waals surface area contributed by atoms with Crippen molar-refractivity contribution in [1.29, 1.82) is 0 Å². The Kier molecular flexibility index (Phi) is 11.5. The van der Waals surface area contributed by atoms with Crippen LogP contribution < -0.4 is 20.8 Å². The van der Waals surface area contributed by atoms with Crippen LogP contribution in [0, 0.1) is 0 Å². The third-order valence-corrected chi connectivity index (χ3v) is 0. The molecule has 4 N–H and O–H groups in total. The Labute approximate surface area is 60.7 Å². The van der Waals surface area contributed by atoms with Gasteiger partial charge < -0.3 is 25.4 Å². The van der Waals surface area contributed by atoms with Crippen LogP contribution in [0.2, 0.25) is 0 Å². The summed E-state index contributed by atoms with van der Waals surface area (Å²) < 4.78 is 8.55. The van der Waals surface area contributed by atoms with Crippen molar-refractivity contribution >= 4 is 35.1 Å². The Hall–Kier alpha value is 0.992. The summed E-state index contributed by atoms with van der Waals surface area (Å²) in [7, 11) is -5.39. The maximum Gasteiger partial charge on any atom is 2.00 e. The molecule has 0 fully saturated rings. The maximum atomic E-state index is 8.55. The van der Waals surface area contributed by atoms with Gasteiger partial charge in [-0.15, -0.1) is 0 Å². The van der Waals surface area contributed by atoms with Crippen molar-refractivity contribution < 1.29 is 19.2 Å².